The van der Waals surface area contributed by atoms with Crippen molar-refractivity contribution in [3.05, 3.63) is 83.2 Å². The highest BCUT2D eigenvalue weighted by molar-refractivity contribution is 7.99. The van der Waals surface area contributed by atoms with Gasteiger partial charge in [0.2, 0.25) is 0 Å². The van der Waals surface area contributed by atoms with Crippen LogP contribution < -0.4 is 0 Å². The van der Waals surface area contributed by atoms with Crippen LogP contribution in [-0.4, -0.2) is 29.3 Å². The van der Waals surface area contributed by atoms with Crippen LogP contribution in [0, 0.1) is 0 Å². The van der Waals surface area contributed by atoms with Crippen molar-refractivity contribution in [2.24, 2.45) is 7.05 Å². The number of aromatic nitrogens is 6. The van der Waals surface area contributed by atoms with Gasteiger partial charge in [0.05, 0.1) is 5.69 Å². The van der Waals surface area contributed by atoms with Crippen molar-refractivity contribution in [2.75, 3.05) is 0 Å². The average Bonchev–Trinajstić information content (AvgIpc) is 3.35. The molecular formula is C22H18Cl2N6S. The molecule has 9 heteroatoms. The molecule has 0 aliphatic heterocycles. The summed E-state index contributed by atoms with van der Waals surface area (Å²) in [5.41, 5.74) is 4.40. The molecular weight excluding hydrogens is 451 g/mol. The number of imidazole rings is 1. The third-order valence-corrected chi connectivity index (χ3v) is 5.91. The molecule has 0 fully saturated rings. The van der Waals surface area contributed by atoms with Crippen molar-refractivity contribution in [2.45, 2.75) is 23.0 Å². The normalized spacial score (nSPS) is 11.9. The topological polar surface area (TPSA) is 61.4 Å². The van der Waals surface area contributed by atoms with Crippen molar-refractivity contribution in [3.8, 4) is 17.1 Å². The van der Waals surface area contributed by atoms with E-state index in [9.17, 15) is 0 Å². The van der Waals surface area contributed by atoms with Gasteiger partial charge in [-0.1, -0.05) is 36.7 Å². The molecule has 0 N–H and O–H groups in total. The summed E-state index contributed by atoms with van der Waals surface area (Å²) in [6, 6.07) is 9.11. The first kappa shape index (κ1) is 21.4. The van der Waals surface area contributed by atoms with Crippen molar-refractivity contribution in [1.82, 2.24) is 29.3 Å². The number of hydrogen-bond donors (Lipinski definition) is 0. The van der Waals surface area contributed by atoms with E-state index < -0.39 is 0 Å². The second kappa shape index (κ2) is 9.12. The standard InChI is InChI=1S/C22H18Cl2N6S/c1-4-5-14(2)21-27-20(28-30(21)18-12-16(23)11-17(24)13-18)15-6-7-25-19(10-15)31-22-26-8-9-29(22)3/h5-14H,1H2,2-3H3. The maximum atomic E-state index is 6.22. The molecule has 0 amide bonds. The minimum atomic E-state index is -0.0697. The van der Waals surface area contributed by atoms with Crippen molar-refractivity contribution >= 4 is 35.0 Å². The van der Waals surface area contributed by atoms with Gasteiger partial charge < -0.3 is 4.57 Å². The number of pyridine rings is 1. The van der Waals surface area contributed by atoms with E-state index in [0.717, 1.165) is 27.3 Å². The molecule has 3 heterocycles. The van der Waals surface area contributed by atoms with Gasteiger partial charge in [-0.2, -0.15) is 0 Å². The summed E-state index contributed by atoms with van der Waals surface area (Å²) in [6.07, 6.45) is 7.23. The van der Waals surface area contributed by atoms with Gasteiger partial charge in [-0.15, -0.1) is 10.8 Å². The minimum Gasteiger partial charge on any atom is -0.329 e. The first-order valence-corrected chi connectivity index (χ1v) is 10.9. The Morgan fingerprint density at radius 3 is 2.58 bits per heavy atom. The number of halogens is 2. The summed E-state index contributed by atoms with van der Waals surface area (Å²) in [7, 11) is 1.94. The molecule has 4 aromatic rings. The smallest absolute Gasteiger partial charge is 0.182 e. The average molecular weight is 469 g/mol. The summed E-state index contributed by atoms with van der Waals surface area (Å²) in [5.74, 6) is 1.22. The second-order valence-electron chi connectivity index (χ2n) is 6.80. The molecule has 31 heavy (non-hydrogen) atoms. The van der Waals surface area contributed by atoms with Crippen LogP contribution in [-0.2, 0) is 7.05 Å². The molecule has 3 aromatic heterocycles. The van der Waals surface area contributed by atoms with Crippen LogP contribution in [0.5, 0.6) is 0 Å². The Morgan fingerprint density at radius 2 is 1.90 bits per heavy atom. The molecule has 6 nitrogen and oxygen atoms in total. The zero-order valence-electron chi connectivity index (χ0n) is 16.8. The van der Waals surface area contributed by atoms with E-state index in [4.69, 9.17) is 33.3 Å². The Balaban J connectivity index is 1.78. The predicted molar refractivity (Wildman–Crippen MR) is 124 cm³/mol. The van der Waals surface area contributed by atoms with Gasteiger partial charge in [-0.25, -0.2) is 19.6 Å². The van der Waals surface area contributed by atoms with Crippen LogP contribution in [0.2, 0.25) is 10.0 Å². The fourth-order valence-corrected chi connectivity index (χ4v) is 4.31. The summed E-state index contributed by atoms with van der Waals surface area (Å²) in [5, 5.41) is 7.45. The summed E-state index contributed by atoms with van der Waals surface area (Å²) in [6.45, 7) is 5.68. The number of nitrogens with zero attached hydrogens (tertiary/aromatic N) is 6. The summed E-state index contributed by atoms with van der Waals surface area (Å²) >= 11 is 13.9. The van der Waals surface area contributed by atoms with Gasteiger partial charge >= 0.3 is 0 Å². The molecule has 1 aromatic carbocycles. The fourth-order valence-electron chi connectivity index (χ4n) is 2.99. The third kappa shape index (κ3) is 4.75. The molecule has 1 atom stereocenters. The molecule has 0 spiro atoms. The Kier molecular flexibility index (Phi) is 6.30. The molecule has 156 valence electrons. The van der Waals surface area contributed by atoms with Crippen molar-refractivity contribution in [3.63, 3.8) is 0 Å². The molecule has 0 saturated heterocycles. The predicted octanol–water partition coefficient (Wildman–Crippen LogP) is 5.97. The highest BCUT2D eigenvalue weighted by Crippen LogP contribution is 2.30. The second-order valence-corrected chi connectivity index (χ2v) is 8.66. The Labute approximate surface area is 194 Å². The minimum absolute atomic E-state index is 0.0697. The number of rotatable bonds is 6. The number of aryl methyl sites for hydroxylation is 1. The van der Waals surface area contributed by atoms with E-state index in [1.807, 2.05) is 42.9 Å². The Hall–Kier alpha value is -2.83. The summed E-state index contributed by atoms with van der Waals surface area (Å²) < 4.78 is 3.69. The number of hydrogen-bond acceptors (Lipinski definition) is 5. The fraction of sp³-hybridized carbons (Fsp3) is 0.136. The monoisotopic (exact) mass is 468 g/mol. The first-order chi connectivity index (χ1) is 14.9. The summed E-state index contributed by atoms with van der Waals surface area (Å²) in [4.78, 5) is 13.6. The van der Waals surface area contributed by atoms with Crippen LogP contribution in [0.25, 0.3) is 17.1 Å². The zero-order chi connectivity index (χ0) is 22.0. The van der Waals surface area contributed by atoms with E-state index in [2.05, 4.69) is 22.3 Å². The van der Waals surface area contributed by atoms with Crippen molar-refractivity contribution < 1.29 is 0 Å². The van der Waals surface area contributed by atoms with Gasteiger partial charge in [0.1, 0.15) is 10.9 Å². The van der Waals surface area contributed by atoms with Crippen LogP contribution in [0.15, 0.2) is 77.5 Å². The lowest BCUT2D eigenvalue weighted by atomic mass is 10.1. The van der Waals surface area contributed by atoms with E-state index in [1.54, 1.807) is 35.3 Å². The van der Waals surface area contributed by atoms with Gasteiger partial charge in [0, 0.05) is 47.2 Å². The highest BCUT2D eigenvalue weighted by Gasteiger charge is 2.18. The Bertz CT molecular complexity index is 1270. The SMILES string of the molecule is C=C=CC(C)c1nc(-c2ccnc(Sc3nccn3C)c2)nn1-c1cc(Cl)cc(Cl)c1. The first-order valence-electron chi connectivity index (χ1n) is 9.35. The quantitative estimate of drug-likeness (QED) is 0.326. The van der Waals surface area contributed by atoms with E-state index in [1.165, 1.54) is 11.8 Å². The van der Waals surface area contributed by atoms with E-state index in [-0.39, 0.29) is 5.92 Å². The lowest BCUT2D eigenvalue weighted by molar-refractivity contribution is 0.756. The molecule has 1 unspecified atom stereocenters. The van der Waals surface area contributed by atoms with E-state index >= 15 is 0 Å². The van der Waals surface area contributed by atoms with Crippen LogP contribution in [0.4, 0.5) is 0 Å². The zero-order valence-corrected chi connectivity index (χ0v) is 19.2. The van der Waals surface area contributed by atoms with Crippen LogP contribution in [0.1, 0.15) is 18.7 Å². The highest BCUT2D eigenvalue weighted by atomic mass is 35.5. The molecule has 4 rings (SSSR count). The lowest BCUT2D eigenvalue weighted by Gasteiger charge is -2.09. The Morgan fingerprint density at radius 1 is 1.13 bits per heavy atom. The largest absolute Gasteiger partial charge is 0.329 e. The van der Waals surface area contributed by atoms with Gasteiger partial charge in [0.15, 0.2) is 11.0 Å². The van der Waals surface area contributed by atoms with Crippen molar-refractivity contribution in [1.29, 1.82) is 0 Å². The lowest BCUT2D eigenvalue weighted by Crippen LogP contribution is -2.05. The third-order valence-electron chi connectivity index (χ3n) is 4.47. The molecule has 0 saturated carbocycles. The number of allylic oxidation sites excluding steroid dienone is 1. The molecule has 0 aliphatic carbocycles. The maximum absolute atomic E-state index is 6.22. The molecule has 0 aliphatic rings. The van der Waals surface area contributed by atoms with Crippen LogP contribution >= 0.6 is 35.0 Å². The van der Waals surface area contributed by atoms with Gasteiger partial charge in [0.25, 0.3) is 0 Å². The van der Waals surface area contributed by atoms with Crippen LogP contribution in [0.3, 0.4) is 0 Å². The maximum Gasteiger partial charge on any atom is 0.182 e. The molecule has 0 radical (unpaired) electrons. The van der Waals surface area contributed by atoms with Gasteiger partial charge in [-0.3, -0.25) is 0 Å². The number of benzene rings is 1. The molecule has 0 bridgehead atoms. The van der Waals surface area contributed by atoms with E-state index in [0.29, 0.717) is 15.9 Å². The van der Waals surface area contributed by atoms with Gasteiger partial charge in [-0.05, 0) is 48.2 Å².